The molecule has 12 heavy (non-hydrogen) atoms. The molecule has 0 rings (SSSR count). The van der Waals surface area contributed by atoms with E-state index in [9.17, 15) is 0 Å². The van der Waals surface area contributed by atoms with Gasteiger partial charge < -0.3 is 0 Å². The van der Waals surface area contributed by atoms with Crippen molar-refractivity contribution in [1.82, 2.24) is 0 Å². The van der Waals surface area contributed by atoms with Crippen molar-refractivity contribution in [3.05, 3.63) is 0 Å². The molecule has 0 aliphatic rings. The lowest BCUT2D eigenvalue weighted by atomic mass is 10.0. The maximum Gasteiger partial charge on any atom is 0.0413 e. The molecular formula is C10H26Si2. The molecule has 0 aliphatic heterocycles. The highest BCUT2D eigenvalue weighted by Crippen LogP contribution is 2.25. The molecule has 0 aromatic rings. The summed E-state index contributed by atoms with van der Waals surface area (Å²) in [6.45, 7) is 17.2. The normalized spacial score (nSPS) is 16.2. The molecule has 0 heterocycles. The molecule has 1 unspecified atom stereocenters. The van der Waals surface area contributed by atoms with E-state index < -0.39 is 16.9 Å². The van der Waals surface area contributed by atoms with Gasteiger partial charge in [-0.3, -0.25) is 0 Å². The van der Waals surface area contributed by atoms with Crippen molar-refractivity contribution in [2.45, 2.75) is 58.7 Å². The Morgan fingerprint density at radius 3 is 1.75 bits per heavy atom. The topological polar surface area (TPSA) is 0 Å². The highest BCUT2D eigenvalue weighted by Gasteiger charge is 2.22. The van der Waals surface area contributed by atoms with Gasteiger partial charge in [0.2, 0.25) is 0 Å². The first-order valence-electron chi connectivity index (χ1n) is 5.10. The predicted octanol–water partition coefficient (Wildman–Crippen LogP) is 3.77. The van der Waals surface area contributed by atoms with Gasteiger partial charge in [-0.15, -0.1) is 0 Å². The summed E-state index contributed by atoms with van der Waals surface area (Å²) < 4.78 is 0. The SMILES string of the molecule is C[SiH](CC(C)(C)C)C[Si](C)(C)C. The highest BCUT2D eigenvalue weighted by atomic mass is 28.4. The molecule has 74 valence electrons. The van der Waals surface area contributed by atoms with E-state index in [0.29, 0.717) is 5.41 Å². The van der Waals surface area contributed by atoms with Crippen LogP contribution in [-0.4, -0.2) is 16.9 Å². The van der Waals surface area contributed by atoms with Gasteiger partial charge in [0, 0.05) is 16.9 Å². The summed E-state index contributed by atoms with van der Waals surface area (Å²) in [6.07, 6.45) is 0. The van der Waals surface area contributed by atoms with Gasteiger partial charge >= 0.3 is 0 Å². The Labute approximate surface area is 81.4 Å². The standard InChI is InChI=1S/C10H26Si2/c1-10(2,3)8-11(4)9-12(5,6)7/h11H,8-9H2,1-7H3. The van der Waals surface area contributed by atoms with Gasteiger partial charge in [0.25, 0.3) is 0 Å². The van der Waals surface area contributed by atoms with Crippen LogP contribution < -0.4 is 0 Å². The van der Waals surface area contributed by atoms with Crippen LogP contribution >= 0.6 is 0 Å². The molecule has 0 nitrogen and oxygen atoms in total. The third-order valence-electron chi connectivity index (χ3n) is 1.92. The number of hydrogen-bond donors (Lipinski definition) is 0. The Balaban J connectivity index is 3.83. The zero-order valence-electron chi connectivity index (χ0n) is 9.99. The molecule has 0 saturated heterocycles. The summed E-state index contributed by atoms with van der Waals surface area (Å²) in [4.78, 5) is 0. The van der Waals surface area contributed by atoms with Crippen LogP contribution in [0.15, 0.2) is 0 Å². The first-order chi connectivity index (χ1) is 5.10. The molecule has 1 atom stereocenters. The largest absolute Gasteiger partial charge is 0.0722 e. The van der Waals surface area contributed by atoms with Crippen molar-refractivity contribution < 1.29 is 0 Å². The fourth-order valence-corrected chi connectivity index (χ4v) is 13.2. The number of hydrogen-bond acceptors (Lipinski definition) is 0. The molecule has 0 amide bonds. The molecule has 0 spiro atoms. The second-order valence-corrected chi connectivity index (χ2v) is 16.0. The van der Waals surface area contributed by atoms with E-state index in [1.165, 1.54) is 6.04 Å². The minimum atomic E-state index is -0.758. The second-order valence-electron chi connectivity index (χ2n) is 6.63. The predicted molar refractivity (Wildman–Crippen MR) is 65.4 cm³/mol. The van der Waals surface area contributed by atoms with Gasteiger partial charge in [0.05, 0.1) is 0 Å². The zero-order valence-corrected chi connectivity index (χ0v) is 12.1. The monoisotopic (exact) mass is 202 g/mol. The molecule has 2 heteroatoms. The Hall–Kier alpha value is 0.434. The third-order valence-corrected chi connectivity index (χ3v) is 11.5. The van der Waals surface area contributed by atoms with E-state index in [-0.39, 0.29) is 0 Å². The van der Waals surface area contributed by atoms with E-state index in [2.05, 4.69) is 47.0 Å². The second kappa shape index (κ2) is 4.10. The van der Waals surface area contributed by atoms with Crippen molar-refractivity contribution in [2.24, 2.45) is 5.41 Å². The van der Waals surface area contributed by atoms with E-state index in [1.807, 2.05) is 0 Å². The summed E-state index contributed by atoms with van der Waals surface area (Å²) in [6, 6.07) is 1.51. The minimum Gasteiger partial charge on any atom is -0.0722 e. The van der Waals surface area contributed by atoms with Crippen LogP contribution in [0, 0.1) is 5.41 Å². The van der Waals surface area contributed by atoms with Gasteiger partial charge in [-0.05, 0) is 5.41 Å². The fourth-order valence-electron chi connectivity index (χ4n) is 2.16. The van der Waals surface area contributed by atoms with Crippen LogP contribution in [0.5, 0.6) is 0 Å². The summed E-state index contributed by atoms with van der Waals surface area (Å²) in [5, 5.41) is 0. The molecule has 0 fully saturated rings. The molecule has 0 aromatic heterocycles. The van der Waals surface area contributed by atoms with Crippen LogP contribution in [0.1, 0.15) is 20.8 Å². The smallest absolute Gasteiger partial charge is 0.0413 e. The van der Waals surface area contributed by atoms with E-state index in [4.69, 9.17) is 0 Å². The van der Waals surface area contributed by atoms with Crippen LogP contribution in [0.25, 0.3) is 0 Å². The summed E-state index contributed by atoms with van der Waals surface area (Å²) in [5.41, 5.74) is 2.19. The van der Waals surface area contributed by atoms with Gasteiger partial charge in [-0.25, -0.2) is 0 Å². The average Bonchev–Trinajstić information content (AvgIpc) is 1.49. The van der Waals surface area contributed by atoms with Crippen LogP contribution in [-0.2, 0) is 0 Å². The molecule has 0 N–H and O–H groups in total. The van der Waals surface area contributed by atoms with Gasteiger partial charge in [0.15, 0.2) is 0 Å². The zero-order chi connectivity index (χ0) is 9.99. The summed E-state index contributed by atoms with van der Waals surface area (Å²) in [7, 11) is -1.15. The third kappa shape index (κ3) is 8.53. The maximum atomic E-state index is 2.55. The maximum absolute atomic E-state index is 2.55. The molecular weight excluding hydrogens is 176 g/mol. The van der Waals surface area contributed by atoms with Crippen molar-refractivity contribution >= 4 is 16.9 Å². The summed E-state index contributed by atoms with van der Waals surface area (Å²) >= 11 is 0. The lowest BCUT2D eigenvalue weighted by molar-refractivity contribution is 0.464. The molecule has 0 saturated carbocycles. The van der Waals surface area contributed by atoms with Gasteiger partial charge in [-0.1, -0.05) is 58.7 Å². The Bertz CT molecular complexity index is 112. The van der Waals surface area contributed by atoms with Gasteiger partial charge in [0.1, 0.15) is 0 Å². The Morgan fingerprint density at radius 2 is 1.50 bits per heavy atom. The molecule has 0 aliphatic carbocycles. The average molecular weight is 202 g/mol. The quantitative estimate of drug-likeness (QED) is 0.611. The van der Waals surface area contributed by atoms with Crippen LogP contribution in [0.4, 0.5) is 0 Å². The van der Waals surface area contributed by atoms with Crippen molar-refractivity contribution in [1.29, 1.82) is 0 Å². The lowest BCUT2D eigenvalue weighted by Crippen LogP contribution is -2.30. The van der Waals surface area contributed by atoms with Gasteiger partial charge in [-0.2, -0.15) is 0 Å². The number of rotatable bonds is 3. The van der Waals surface area contributed by atoms with E-state index >= 15 is 0 Å². The molecule has 0 aromatic carbocycles. The fraction of sp³-hybridized carbons (Fsp3) is 1.00. The highest BCUT2D eigenvalue weighted by molar-refractivity contribution is 6.87. The van der Waals surface area contributed by atoms with Crippen LogP contribution in [0.2, 0.25) is 37.9 Å². The van der Waals surface area contributed by atoms with E-state index in [0.717, 1.165) is 0 Å². The first-order valence-corrected chi connectivity index (χ1v) is 11.6. The Morgan fingerprint density at radius 1 is 1.08 bits per heavy atom. The van der Waals surface area contributed by atoms with Crippen molar-refractivity contribution in [2.75, 3.05) is 0 Å². The molecule has 0 radical (unpaired) electrons. The Kier molecular flexibility index (Phi) is 4.24. The summed E-state index contributed by atoms with van der Waals surface area (Å²) in [5.74, 6) is 0. The van der Waals surface area contributed by atoms with Crippen LogP contribution in [0.3, 0.4) is 0 Å². The first kappa shape index (κ1) is 12.4. The lowest BCUT2D eigenvalue weighted by Gasteiger charge is -2.26. The van der Waals surface area contributed by atoms with Crippen molar-refractivity contribution in [3.63, 3.8) is 0 Å². The molecule has 0 bridgehead atoms. The minimum absolute atomic E-state index is 0.390. The van der Waals surface area contributed by atoms with Crippen molar-refractivity contribution in [3.8, 4) is 0 Å². The van der Waals surface area contributed by atoms with E-state index in [1.54, 1.807) is 5.67 Å².